The topological polar surface area (TPSA) is 21.3 Å². The van der Waals surface area contributed by atoms with Crippen LogP contribution in [0.4, 0.5) is 0 Å². The van der Waals surface area contributed by atoms with E-state index in [9.17, 15) is 0 Å². The molecule has 0 aromatic heterocycles. The lowest BCUT2D eigenvalue weighted by Crippen LogP contribution is -2.05. The second-order valence-corrected chi connectivity index (χ2v) is 4.59. The molecule has 0 fully saturated rings. The molecule has 0 amide bonds. The van der Waals surface area contributed by atoms with E-state index in [1.165, 1.54) is 11.1 Å². The molecule has 1 aromatic rings. The zero-order chi connectivity index (χ0) is 11.8. The van der Waals surface area contributed by atoms with Crippen LogP contribution in [0.25, 0.3) is 0 Å². The van der Waals surface area contributed by atoms with E-state index in [1.807, 2.05) is 7.05 Å². The molecule has 2 heteroatoms. The number of ether oxygens (including phenoxy) is 1. The third-order valence-electron chi connectivity index (χ3n) is 2.48. The van der Waals surface area contributed by atoms with Gasteiger partial charge in [0, 0.05) is 13.2 Å². The highest BCUT2D eigenvalue weighted by atomic mass is 16.5. The Hall–Kier alpha value is -0.860. The van der Waals surface area contributed by atoms with Crippen molar-refractivity contribution in [3.63, 3.8) is 0 Å². The molecule has 0 aliphatic heterocycles. The number of hydrogen-bond acceptors (Lipinski definition) is 2. The molecule has 0 radical (unpaired) electrons. The van der Waals surface area contributed by atoms with E-state index in [4.69, 9.17) is 4.74 Å². The molecule has 1 N–H and O–H groups in total. The molecule has 0 saturated heterocycles. The summed E-state index contributed by atoms with van der Waals surface area (Å²) in [5.74, 6) is 0.718. The minimum Gasteiger partial charge on any atom is -0.377 e. The maximum absolute atomic E-state index is 5.64. The molecule has 2 nitrogen and oxygen atoms in total. The summed E-state index contributed by atoms with van der Waals surface area (Å²) in [5, 5.41) is 3.15. The van der Waals surface area contributed by atoms with Gasteiger partial charge in [-0.05, 0) is 30.5 Å². The first kappa shape index (κ1) is 13.2. The van der Waals surface area contributed by atoms with Crippen molar-refractivity contribution in [1.82, 2.24) is 5.32 Å². The van der Waals surface area contributed by atoms with Crippen LogP contribution in [0.2, 0.25) is 0 Å². The van der Waals surface area contributed by atoms with E-state index in [0.717, 1.165) is 32.1 Å². The average molecular weight is 221 g/mol. The maximum atomic E-state index is 5.64. The minimum atomic E-state index is 0.718. The fraction of sp³-hybridized carbons (Fsp3) is 0.571. The van der Waals surface area contributed by atoms with Gasteiger partial charge < -0.3 is 10.1 Å². The van der Waals surface area contributed by atoms with Gasteiger partial charge in [0.05, 0.1) is 6.61 Å². The number of rotatable bonds is 7. The highest BCUT2D eigenvalue weighted by Crippen LogP contribution is 2.07. The fourth-order valence-corrected chi connectivity index (χ4v) is 1.54. The van der Waals surface area contributed by atoms with Crippen molar-refractivity contribution in [2.45, 2.75) is 33.4 Å². The van der Waals surface area contributed by atoms with Gasteiger partial charge >= 0.3 is 0 Å². The summed E-state index contributed by atoms with van der Waals surface area (Å²) in [6, 6.07) is 8.54. The van der Waals surface area contributed by atoms with Gasteiger partial charge in [-0.3, -0.25) is 0 Å². The molecule has 90 valence electrons. The molecular formula is C14H23NO. The van der Waals surface area contributed by atoms with Gasteiger partial charge in [0.15, 0.2) is 0 Å². The SMILES string of the molecule is CNCc1cccc(COCCC(C)C)c1. The molecule has 0 unspecified atom stereocenters. The first-order chi connectivity index (χ1) is 7.72. The summed E-state index contributed by atoms with van der Waals surface area (Å²) in [4.78, 5) is 0. The van der Waals surface area contributed by atoms with Crippen LogP contribution in [-0.2, 0) is 17.9 Å². The van der Waals surface area contributed by atoms with Gasteiger partial charge in [-0.15, -0.1) is 0 Å². The Balaban J connectivity index is 2.33. The highest BCUT2D eigenvalue weighted by Gasteiger charge is 1.97. The molecule has 1 aromatic carbocycles. The molecule has 0 saturated carbocycles. The summed E-state index contributed by atoms with van der Waals surface area (Å²) >= 11 is 0. The Morgan fingerprint density at radius 3 is 2.69 bits per heavy atom. The van der Waals surface area contributed by atoms with Crippen molar-refractivity contribution in [2.75, 3.05) is 13.7 Å². The summed E-state index contributed by atoms with van der Waals surface area (Å²) in [7, 11) is 1.96. The summed E-state index contributed by atoms with van der Waals surface area (Å²) < 4.78 is 5.64. The lowest BCUT2D eigenvalue weighted by Gasteiger charge is -2.08. The second-order valence-electron chi connectivity index (χ2n) is 4.59. The number of benzene rings is 1. The van der Waals surface area contributed by atoms with Crippen molar-refractivity contribution < 1.29 is 4.74 Å². The van der Waals surface area contributed by atoms with Crippen LogP contribution in [-0.4, -0.2) is 13.7 Å². The molecule has 0 aliphatic carbocycles. The van der Waals surface area contributed by atoms with Crippen LogP contribution < -0.4 is 5.32 Å². The molecule has 0 aliphatic rings. The minimum absolute atomic E-state index is 0.718. The Morgan fingerprint density at radius 1 is 1.25 bits per heavy atom. The van der Waals surface area contributed by atoms with E-state index in [1.54, 1.807) is 0 Å². The van der Waals surface area contributed by atoms with Crippen LogP contribution in [0.3, 0.4) is 0 Å². The standard InChI is InChI=1S/C14H23NO/c1-12(2)7-8-16-11-14-6-4-5-13(9-14)10-15-3/h4-6,9,12,15H,7-8,10-11H2,1-3H3. The van der Waals surface area contributed by atoms with Gasteiger partial charge in [-0.25, -0.2) is 0 Å². The van der Waals surface area contributed by atoms with Crippen molar-refractivity contribution >= 4 is 0 Å². The molecule has 0 atom stereocenters. The second kappa shape index (κ2) is 7.42. The number of nitrogens with one attached hydrogen (secondary N) is 1. The third kappa shape index (κ3) is 5.29. The summed E-state index contributed by atoms with van der Waals surface area (Å²) in [6.07, 6.45) is 1.14. The highest BCUT2D eigenvalue weighted by molar-refractivity contribution is 5.22. The lowest BCUT2D eigenvalue weighted by molar-refractivity contribution is 0.110. The normalized spacial score (nSPS) is 11.0. The summed E-state index contributed by atoms with van der Waals surface area (Å²) in [6.45, 7) is 6.94. The first-order valence-electron chi connectivity index (χ1n) is 6.02. The number of hydrogen-bond donors (Lipinski definition) is 1. The van der Waals surface area contributed by atoms with Crippen molar-refractivity contribution in [3.05, 3.63) is 35.4 Å². The predicted molar refractivity (Wildman–Crippen MR) is 68.3 cm³/mol. The summed E-state index contributed by atoms with van der Waals surface area (Å²) in [5.41, 5.74) is 2.57. The van der Waals surface area contributed by atoms with E-state index >= 15 is 0 Å². The van der Waals surface area contributed by atoms with E-state index in [2.05, 4.69) is 43.4 Å². The lowest BCUT2D eigenvalue weighted by atomic mass is 10.1. The van der Waals surface area contributed by atoms with E-state index < -0.39 is 0 Å². The zero-order valence-electron chi connectivity index (χ0n) is 10.6. The van der Waals surface area contributed by atoms with Crippen LogP contribution in [0.1, 0.15) is 31.4 Å². The molecular weight excluding hydrogens is 198 g/mol. The van der Waals surface area contributed by atoms with Crippen LogP contribution >= 0.6 is 0 Å². The Bertz CT molecular complexity index is 297. The van der Waals surface area contributed by atoms with Crippen LogP contribution in [0.15, 0.2) is 24.3 Å². The van der Waals surface area contributed by atoms with Gasteiger partial charge in [0.2, 0.25) is 0 Å². The first-order valence-corrected chi connectivity index (χ1v) is 6.02. The maximum Gasteiger partial charge on any atom is 0.0716 e. The molecule has 0 spiro atoms. The zero-order valence-corrected chi connectivity index (χ0v) is 10.6. The van der Waals surface area contributed by atoms with Gasteiger partial charge in [0.1, 0.15) is 0 Å². The van der Waals surface area contributed by atoms with E-state index in [0.29, 0.717) is 0 Å². The Labute approximate surface area is 99.0 Å². The quantitative estimate of drug-likeness (QED) is 0.715. The van der Waals surface area contributed by atoms with Crippen molar-refractivity contribution in [3.8, 4) is 0 Å². The van der Waals surface area contributed by atoms with Crippen LogP contribution in [0, 0.1) is 5.92 Å². The van der Waals surface area contributed by atoms with Gasteiger partial charge in [-0.2, -0.15) is 0 Å². The molecule has 1 rings (SSSR count). The fourth-order valence-electron chi connectivity index (χ4n) is 1.54. The van der Waals surface area contributed by atoms with Crippen molar-refractivity contribution in [2.24, 2.45) is 5.92 Å². The van der Waals surface area contributed by atoms with Crippen molar-refractivity contribution in [1.29, 1.82) is 0 Å². The third-order valence-corrected chi connectivity index (χ3v) is 2.48. The van der Waals surface area contributed by atoms with Gasteiger partial charge in [-0.1, -0.05) is 38.1 Å². The largest absolute Gasteiger partial charge is 0.377 e. The Kier molecular flexibility index (Phi) is 6.12. The van der Waals surface area contributed by atoms with Gasteiger partial charge in [0.25, 0.3) is 0 Å². The Morgan fingerprint density at radius 2 is 2.00 bits per heavy atom. The predicted octanol–water partition coefficient (Wildman–Crippen LogP) is 2.97. The molecule has 0 heterocycles. The van der Waals surface area contributed by atoms with Crippen LogP contribution in [0.5, 0.6) is 0 Å². The average Bonchev–Trinajstić information content (AvgIpc) is 2.25. The smallest absolute Gasteiger partial charge is 0.0716 e. The molecule has 16 heavy (non-hydrogen) atoms. The monoisotopic (exact) mass is 221 g/mol. The van der Waals surface area contributed by atoms with E-state index in [-0.39, 0.29) is 0 Å². The molecule has 0 bridgehead atoms.